The van der Waals surface area contributed by atoms with Gasteiger partial charge in [-0.25, -0.2) is 9.50 Å². The number of fused-ring (bicyclic) bond motifs is 1. The fourth-order valence-corrected chi connectivity index (χ4v) is 1.16. The Morgan fingerprint density at radius 3 is 2.57 bits per heavy atom. The lowest BCUT2D eigenvalue weighted by molar-refractivity contribution is -0.144. The third-order valence-corrected chi connectivity index (χ3v) is 1.80. The lowest BCUT2D eigenvalue weighted by Crippen LogP contribution is -2.07. The lowest BCUT2D eigenvalue weighted by atomic mass is 10.4. The Morgan fingerprint density at radius 2 is 2.00 bits per heavy atom. The maximum atomic E-state index is 12.2. The molecule has 0 amide bonds. The van der Waals surface area contributed by atoms with Crippen molar-refractivity contribution in [3.63, 3.8) is 0 Å². The van der Waals surface area contributed by atoms with E-state index in [0.717, 1.165) is 0 Å². The van der Waals surface area contributed by atoms with Crippen molar-refractivity contribution in [3.05, 3.63) is 29.7 Å². The third-order valence-electron chi connectivity index (χ3n) is 1.80. The Kier molecular flexibility index (Phi) is 1.73. The number of hydrogen-bond acceptors (Lipinski definition) is 2. The van der Waals surface area contributed by atoms with E-state index in [0.29, 0.717) is 5.69 Å². The highest BCUT2D eigenvalue weighted by atomic mass is 19.4. The molecule has 14 heavy (non-hydrogen) atoms. The highest BCUT2D eigenvalue weighted by molar-refractivity contribution is 5.38. The SMILES string of the molecule is Cc1cccc2nc(C(F)(F)F)nn12. The molecule has 0 aromatic carbocycles. The summed E-state index contributed by atoms with van der Waals surface area (Å²) in [4.78, 5) is 3.37. The first-order valence-electron chi connectivity index (χ1n) is 3.88. The predicted octanol–water partition coefficient (Wildman–Crippen LogP) is 2.06. The van der Waals surface area contributed by atoms with Crippen LogP contribution in [0, 0.1) is 6.92 Å². The molecule has 3 nitrogen and oxygen atoms in total. The van der Waals surface area contributed by atoms with Gasteiger partial charge in [0, 0.05) is 5.69 Å². The monoisotopic (exact) mass is 201 g/mol. The molecule has 0 saturated heterocycles. The Labute approximate surface area is 77.2 Å². The molecular weight excluding hydrogens is 195 g/mol. The summed E-state index contributed by atoms with van der Waals surface area (Å²) in [6.07, 6.45) is -4.49. The van der Waals surface area contributed by atoms with Crippen LogP contribution in [0.5, 0.6) is 0 Å². The van der Waals surface area contributed by atoms with Crippen LogP contribution >= 0.6 is 0 Å². The minimum atomic E-state index is -4.49. The zero-order chi connectivity index (χ0) is 10.3. The summed E-state index contributed by atoms with van der Waals surface area (Å²) >= 11 is 0. The molecule has 2 heterocycles. The van der Waals surface area contributed by atoms with E-state index >= 15 is 0 Å². The van der Waals surface area contributed by atoms with Crippen LogP contribution in [0.1, 0.15) is 11.5 Å². The van der Waals surface area contributed by atoms with Crippen molar-refractivity contribution in [2.45, 2.75) is 13.1 Å². The van der Waals surface area contributed by atoms with Crippen molar-refractivity contribution in [1.82, 2.24) is 14.6 Å². The maximum absolute atomic E-state index is 12.2. The van der Waals surface area contributed by atoms with Gasteiger partial charge in [-0.15, -0.1) is 5.10 Å². The highest BCUT2D eigenvalue weighted by Crippen LogP contribution is 2.26. The van der Waals surface area contributed by atoms with E-state index in [1.807, 2.05) is 0 Å². The van der Waals surface area contributed by atoms with Crippen molar-refractivity contribution in [2.24, 2.45) is 0 Å². The fourth-order valence-electron chi connectivity index (χ4n) is 1.16. The standard InChI is InChI=1S/C8H6F3N3/c1-5-3-2-4-6-12-7(8(9,10)11)13-14(5)6/h2-4H,1H3. The lowest BCUT2D eigenvalue weighted by Gasteiger charge is -1.97. The van der Waals surface area contributed by atoms with Gasteiger partial charge >= 0.3 is 6.18 Å². The second kappa shape index (κ2) is 2.70. The summed E-state index contributed by atoms with van der Waals surface area (Å²) in [6.45, 7) is 1.67. The highest BCUT2D eigenvalue weighted by Gasteiger charge is 2.36. The summed E-state index contributed by atoms with van der Waals surface area (Å²) in [5, 5.41) is 3.36. The van der Waals surface area contributed by atoms with Gasteiger partial charge in [-0.2, -0.15) is 13.2 Å². The summed E-state index contributed by atoms with van der Waals surface area (Å²) in [5.74, 6) is -1.10. The number of nitrogens with zero attached hydrogens (tertiary/aromatic N) is 3. The molecule has 2 aromatic rings. The van der Waals surface area contributed by atoms with E-state index in [4.69, 9.17) is 0 Å². The van der Waals surface area contributed by atoms with Crippen LogP contribution in [0.2, 0.25) is 0 Å². The van der Waals surface area contributed by atoms with Crippen LogP contribution in [-0.4, -0.2) is 14.6 Å². The second-order valence-corrected chi connectivity index (χ2v) is 2.87. The molecule has 0 radical (unpaired) electrons. The van der Waals surface area contributed by atoms with E-state index in [-0.39, 0.29) is 5.65 Å². The van der Waals surface area contributed by atoms with Crippen LogP contribution in [-0.2, 0) is 6.18 Å². The molecule has 2 aromatic heterocycles. The molecule has 0 saturated carbocycles. The number of rotatable bonds is 0. The average molecular weight is 201 g/mol. The maximum Gasteiger partial charge on any atom is 0.453 e. The summed E-state index contributed by atoms with van der Waals surface area (Å²) < 4.78 is 37.8. The number of hydrogen-bond donors (Lipinski definition) is 0. The van der Waals surface area contributed by atoms with Gasteiger partial charge < -0.3 is 0 Å². The molecule has 0 spiro atoms. The molecule has 0 atom stereocenters. The molecule has 0 N–H and O–H groups in total. The van der Waals surface area contributed by atoms with E-state index in [2.05, 4.69) is 10.1 Å². The molecule has 0 unspecified atom stereocenters. The van der Waals surface area contributed by atoms with Crippen LogP contribution in [0.3, 0.4) is 0 Å². The molecular formula is C8H6F3N3. The normalized spacial score (nSPS) is 12.3. The van der Waals surface area contributed by atoms with Gasteiger partial charge in [-0.05, 0) is 19.1 Å². The summed E-state index contributed by atoms with van der Waals surface area (Å²) in [5.41, 5.74) is 0.822. The van der Waals surface area contributed by atoms with Gasteiger partial charge in [-0.1, -0.05) is 6.07 Å². The largest absolute Gasteiger partial charge is 0.453 e. The Balaban J connectivity index is 2.69. The van der Waals surface area contributed by atoms with Crippen molar-refractivity contribution in [3.8, 4) is 0 Å². The molecule has 74 valence electrons. The van der Waals surface area contributed by atoms with Gasteiger partial charge in [0.05, 0.1) is 0 Å². The smallest absolute Gasteiger partial charge is 0.218 e. The average Bonchev–Trinajstić information content (AvgIpc) is 2.48. The van der Waals surface area contributed by atoms with Crippen LogP contribution < -0.4 is 0 Å². The van der Waals surface area contributed by atoms with Crippen molar-refractivity contribution in [2.75, 3.05) is 0 Å². The number of aromatic nitrogens is 3. The molecule has 6 heteroatoms. The van der Waals surface area contributed by atoms with Crippen molar-refractivity contribution in [1.29, 1.82) is 0 Å². The summed E-state index contributed by atoms with van der Waals surface area (Å²) in [7, 11) is 0. The predicted molar refractivity (Wildman–Crippen MR) is 42.7 cm³/mol. The zero-order valence-electron chi connectivity index (χ0n) is 7.21. The minimum absolute atomic E-state index is 0.206. The Morgan fingerprint density at radius 1 is 1.29 bits per heavy atom. The number of aryl methyl sites for hydroxylation is 1. The van der Waals surface area contributed by atoms with Crippen molar-refractivity contribution < 1.29 is 13.2 Å². The first-order chi connectivity index (χ1) is 6.48. The van der Waals surface area contributed by atoms with Crippen molar-refractivity contribution >= 4 is 5.65 Å². The number of alkyl halides is 3. The molecule has 0 bridgehead atoms. The van der Waals surface area contributed by atoms with E-state index < -0.39 is 12.0 Å². The van der Waals surface area contributed by atoms with Gasteiger partial charge in [0.25, 0.3) is 5.82 Å². The summed E-state index contributed by atoms with van der Waals surface area (Å²) in [6, 6.07) is 4.79. The second-order valence-electron chi connectivity index (χ2n) is 2.87. The third kappa shape index (κ3) is 1.32. The van der Waals surface area contributed by atoms with Gasteiger partial charge in [0.2, 0.25) is 0 Å². The Hall–Kier alpha value is -1.59. The quantitative estimate of drug-likeness (QED) is 0.653. The molecule has 0 fully saturated rings. The minimum Gasteiger partial charge on any atom is -0.218 e. The number of pyridine rings is 1. The van der Waals surface area contributed by atoms with Gasteiger partial charge in [-0.3, -0.25) is 0 Å². The molecule has 0 aliphatic rings. The van der Waals surface area contributed by atoms with Crippen LogP contribution in [0.15, 0.2) is 18.2 Å². The Bertz CT molecular complexity index is 472. The fraction of sp³-hybridized carbons (Fsp3) is 0.250. The first-order valence-corrected chi connectivity index (χ1v) is 3.88. The number of halogens is 3. The van der Waals surface area contributed by atoms with Crippen LogP contribution in [0.4, 0.5) is 13.2 Å². The van der Waals surface area contributed by atoms with E-state index in [9.17, 15) is 13.2 Å². The molecule has 0 aliphatic heterocycles. The molecule has 0 aliphatic carbocycles. The first kappa shape index (κ1) is 8.98. The van der Waals surface area contributed by atoms with E-state index in [1.165, 1.54) is 10.6 Å². The van der Waals surface area contributed by atoms with Gasteiger partial charge in [0.15, 0.2) is 5.65 Å². The molecule has 2 rings (SSSR count). The van der Waals surface area contributed by atoms with E-state index in [1.54, 1.807) is 19.1 Å². The topological polar surface area (TPSA) is 30.2 Å². The van der Waals surface area contributed by atoms with Crippen LogP contribution in [0.25, 0.3) is 5.65 Å². The van der Waals surface area contributed by atoms with Gasteiger partial charge in [0.1, 0.15) is 0 Å². The zero-order valence-corrected chi connectivity index (χ0v) is 7.21.